The number of para-hydroxylation sites is 1. The molecule has 1 saturated carbocycles. The van der Waals surface area contributed by atoms with Crippen LogP contribution in [0.1, 0.15) is 6.42 Å². The summed E-state index contributed by atoms with van der Waals surface area (Å²) in [4.78, 5) is 24.2. The Bertz CT molecular complexity index is 813. The van der Waals surface area contributed by atoms with Crippen molar-refractivity contribution in [3.63, 3.8) is 0 Å². The standard InChI is InChI=1S/C17H13ClF2N2O2/c18-12-3-1-2-4-15(12)22-17(24)11-8-10(11)16(23)21-9-5-6-13(19)14(20)7-9/h1-7,10-11H,8H2,(H,21,23)(H,22,24). The van der Waals surface area contributed by atoms with Crippen molar-refractivity contribution in [3.8, 4) is 0 Å². The average molecular weight is 351 g/mol. The molecule has 1 fully saturated rings. The highest BCUT2D eigenvalue weighted by Gasteiger charge is 2.48. The van der Waals surface area contributed by atoms with E-state index in [1.807, 2.05) is 0 Å². The third kappa shape index (κ3) is 3.54. The first-order valence-corrected chi connectivity index (χ1v) is 7.65. The smallest absolute Gasteiger partial charge is 0.228 e. The molecule has 0 bridgehead atoms. The summed E-state index contributed by atoms with van der Waals surface area (Å²) in [6.07, 6.45) is 0.395. The molecular weight excluding hydrogens is 338 g/mol. The van der Waals surface area contributed by atoms with Crippen LogP contribution in [0.15, 0.2) is 42.5 Å². The van der Waals surface area contributed by atoms with Crippen LogP contribution in [0, 0.1) is 23.5 Å². The zero-order chi connectivity index (χ0) is 17.3. The van der Waals surface area contributed by atoms with Crippen molar-refractivity contribution in [3.05, 3.63) is 59.1 Å². The van der Waals surface area contributed by atoms with E-state index in [4.69, 9.17) is 11.6 Å². The molecule has 1 aliphatic carbocycles. The first kappa shape index (κ1) is 16.4. The monoisotopic (exact) mass is 350 g/mol. The van der Waals surface area contributed by atoms with Crippen molar-refractivity contribution in [2.24, 2.45) is 11.8 Å². The summed E-state index contributed by atoms with van der Waals surface area (Å²) in [6, 6.07) is 9.89. The van der Waals surface area contributed by atoms with Crippen molar-refractivity contribution >= 4 is 34.8 Å². The van der Waals surface area contributed by atoms with Crippen LogP contribution in [-0.2, 0) is 9.59 Å². The number of halogens is 3. The lowest BCUT2D eigenvalue weighted by molar-refractivity contribution is -0.122. The third-order valence-electron chi connectivity index (χ3n) is 3.78. The zero-order valence-corrected chi connectivity index (χ0v) is 13.1. The molecule has 7 heteroatoms. The second kappa shape index (κ2) is 6.57. The normalized spacial score (nSPS) is 18.8. The van der Waals surface area contributed by atoms with Gasteiger partial charge in [0.1, 0.15) is 0 Å². The first-order valence-electron chi connectivity index (χ1n) is 7.27. The summed E-state index contributed by atoms with van der Waals surface area (Å²) in [5.74, 6) is -3.70. The number of benzene rings is 2. The SMILES string of the molecule is O=C(Nc1ccc(F)c(F)c1)C1CC1C(=O)Nc1ccccc1Cl. The molecule has 0 spiro atoms. The summed E-state index contributed by atoms with van der Waals surface area (Å²) < 4.78 is 26.0. The summed E-state index contributed by atoms with van der Waals surface area (Å²) in [5, 5.41) is 5.57. The van der Waals surface area contributed by atoms with E-state index in [1.165, 1.54) is 6.07 Å². The number of carbonyl (C=O) groups is 2. The summed E-state index contributed by atoms with van der Waals surface area (Å²) in [6.45, 7) is 0. The molecule has 2 unspecified atom stereocenters. The number of carbonyl (C=O) groups excluding carboxylic acids is 2. The van der Waals surface area contributed by atoms with Crippen LogP contribution < -0.4 is 10.6 Å². The number of anilines is 2. The van der Waals surface area contributed by atoms with E-state index in [2.05, 4.69) is 10.6 Å². The van der Waals surface area contributed by atoms with E-state index >= 15 is 0 Å². The maximum atomic E-state index is 13.1. The second-order valence-corrected chi connectivity index (χ2v) is 5.94. The molecule has 2 aromatic carbocycles. The summed E-state index contributed by atoms with van der Waals surface area (Å²) >= 11 is 5.97. The van der Waals surface area contributed by atoms with Gasteiger partial charge in [-0.05, 0) is 30.7 Å². The molecule has 0 aromatic heterocycles. The van der Waals surface area contributed by atoms with Gasteiger partial charge in [0, 0.05) is 11.8 Å². The molecular formula is C17H13ClF2N2O2. The highest BCUT2D eigenvalue weighted by molar-refractivity contribution is 6.33. The Morgan fingerprint density at radius 2 is 1.62 bits per heavy atom. The molecule has 2 aromatic rings. The van der Waals surface area contributed by atoms with Crippen molar-refractivity contribution in [1.82, 2.24) is 0 Å². The summed E-state index contributed by atoms with van der Waals surface area (Å²) in [7, 11) is 0. The van der Waals surface area contributed by atoms with Crippen LogP contribution in [-0.4, -0.2) is 11.8 Å². The molecule has 2 N–H and O–H groups in total. The highest BCUT2D eigenvalue weighted by atomic mass is 35.5. The fourth-order valence-electron chi connectivity index (χ4n) is 2.37. The van der Waals surface area contributed by atoms with E-state index < -0.39 is 29.4 Å². The Morgan fingerprint density at radius 1 is 0.958 bits per heavy atom. The van der Waals surface area contributed by atoms with Crippen LogP contribution >= 0.6 is 11.6 Å². The topological polar surface area (TPSA) is 58.2 Å². The minimum Gasteiger partial charge on any atom is -0.326 e. The molecule has 3 rings (SSSR count). The number of hydrogen-bond acceptors (Lipinski definition) is 2. The number of amides is 2. The van der Waals surface area contributed by atoms with Crippen LogP contribution in [0.2, 0.25) is 5.02 Å². The fraction of sp³-hybridized carbons (Fsp3) is 0.176. The largest absolute Gasteiger partial charge is 0.326 e. The van der Waals surface area contributed by atoms with E-state index in [9.17, 15) is 18.4 Å². The van der Waals surface area contributed by atoms with Gasteiger partial charge in [-0.1, -0.05) is 23.7 Å². The Balaban J connectivity index is 1.58. The van der Waals surface area contributed by atoms with Gasteiger partial charge in [-0.25, -0.2) is 8.78 Å². The minimum absolute atomic E-state index is 0.149. The van der Waals surface area contributed by atoms with Gasteiger partial charge in [-0.2, -0.15) is 0 Å². The van der Waals surface area contributed by atoms with Crippen LogP contribution in [0.5, 0.6) is 0 Å². The van der Waals surface area contributed by atoms with Gasteiger partial charge in [0.2, 0.25) is 11.8 Å². The lowest BCUT2D eigenvalue weighted by Crippen LogP contribution is -2.20. The van der Waals surface area contributed by atoms with Gasteiger partial charge >= 0.3 is 0 Å². The quantitative estimate of drug-likeness (QED) is 0.880. The molecule has 0 aliphatic heterocycles. The number of nitrogens with one attached hydrogen (secondary N) is 2. The number of rotatable bonds is 4. The molecule has 1 aliphatic rings. The maximum absolute atomic E-state index is 13.1. The number of hydrogen-bond donors (Lipinski definition) is 2. The molecule has 124 valence electrons. The Morgan fingerprint density at radius 3 is 2.29 bits per heavy atom. The van der Waals surface area contributed by atoms with Gasteiger partial charge in [-0.15, -0.1) is 0 Å². The van der Waals surface area contributed by atoms with Gasteiger partial charge in [0.25, 0.3) is 0 Å². The highest BCUT2D eigenvalue weighted by Crippen LogP contribution is 2.40. The van der Waals surface area contributed by atoms with Gasteiger partial charge in [0.05, 0.1) is 22.5 Å². The van der Waals surface area contributed by atoms with Crippen molar-refractivity contribution in [2.45, 2.75) is 6.42 Å². The molecule has 4 nitrogen and oxygen atoms in total. The Hall–Kier alpha value is -2.47. The molecule has 0 saturated heterocycles. The molecule has 2 amide bonds. The van der Waals surface area contributed by atoms with Crippen molar-refractivity contribution in [2.75, 3.05) is 10.6 Å². The van der Waals surface area contributed by atoms with Gasteiger partial charge < -0.3 is 10.6 Å². The Labute approximate surface area is 141 Å². The van der Waals surface area contributed by atoms with E-state index in [0.717, 1.165) is 12.1 Å². The van der Waals surface area contributed by atoms with E-state index in [0.29, 0.717) is 17.1 Å². The minimum atomic E-state index is -1.04. The third-order valence-corrected chi connectivity index (χ3v) is 4.11. The van der Waals surface area contributed by atoms with E-state index in [1.54, 1.807) is 24.3 Å². The first-order chi connectivity index (χ1) is 11.5. The predicted octanol–water partition coefficient (Wildman–Crippen LogP) is 3.83. The van der Waals surface area contributed by atoms with Crippen LogP contribution in [0.3, 0.4) is 0 Å². The average Bonchev–Trinajstić information content (AvgIpc) is 3.34. The van der Waals surface area contributed by atoms with Crippen LogP contribution in [0.4, 0.5) is 20.2 Å². The Kier molecular flexibility index (Phi) is 4.49. The van der Waals surface area contributed by atoms with Crippen molar-refractivity contribution in [1.29, 1.82) is 0 Å². The molecule has 0 heterocycles. The second-order valence-electron chi connectivity index (χ2n) is 5.54. The van der Waals surface area contributed by atoms with E-state index in [-0.39, 0.29) is 11.6 Å². The van der Waals surface area contributed by atoms with Crippen molar-refractivity contribution < 1.29 is 18.4 Å². The predicted molar refractivity (Wildman–Crippen MR) is 86.7 cm³/mol. The van der Waals surface area contributed by atoms with Gasteiger partial charge in [0.15, 0.2) is 11.6 Å². The zero-order valence-electron chi connectivity index (χ0n) is 12.4. The lowest BCUT2D eigenvalue weighted by Gasteiger charge is -2.07. The summed E-state index contributed by atoms with van der Waals surface area (Å²) in [5.41, 5.74) is 0.631. The molecule has 0 radical (unpaired) electrons. The molecule has 24 heavy (non-hydrogen) atoms. The van der Waals surface area contributed by atoms with Gasteiger partial charge in [-0.3, -0.25) is 9.59 Å². The maximum Gasteiger partial charge on any atom is 0.228 e. The lowest BCUT2D eigenvalue weighted by atomic mass is 10.2. The fourth-order valence-corrected chi connectivity index (χ4v) is 2.55. The van der Waals surface area contributed by atoms with Crippen LogP contribution in [0.25, 0.3) is 0 Å². The molecule has 2 atom stereocenters.